The fourth-order valence-electron chi connectivity index (χ4n) is 2.15. The Bertz CT molecular complexity index is 460. The summed E-state index contributed by atoms with van der Waals surface area (Å²) in [4.78, 5) is 20.6. The molecule has 104 valence electrons. The van der Waals surface area contributed by atoms with Crippen molar-refractivity contribution in [1.29, 1.82) is 0 Å². The van der Waals surface area contributed by atoms with Crippen molar-refractivity contribution >= 4 is 17.5 Å². The van der Waals surface area contributed by atoms with Gasteiger partial charge in [-0.15, -0.1) is 0 Å². The maximum absolute atomic E-state index is 11.0. The van der Waals surface area contributed by atoms with E-state index in [0.29, 0.717) is 24.9 Å². The molecule has 8 nitrogen and oxygen atoms in total. The Hall–Kier alpha value is -1.96. The molecule has 0 unspecified atom stereocenters. The van der Waals surface area contributed by atoms with Gasteiger partial charge in [0.25, 0.3) is 0 Å². The third-order valence-electron chi connectivity index (χ3n) is 3.25. The number of hydrogen-bond donors (Lipinski definition) is 1. The number of nitrogens with zero attached hydrogens (tertiary/aromatic N) is 4. The second-order valence-electron chi connectivity index (χ2n) is 4.33. The van der Waals surface area contributed by atoms with Gasteiger partial charge in [0.1, 0.15) is 6.20 Å². The van der Waals surface area contributed by atoms with Crippen molar-refractivity contribution in [1.82, 2.24) is 9.97 Å². The minimum Gasteiger partial charge on any atom is -0.381 e. The smallest absolute Gasteiger partial charge is 0.329 e. The molecule has 1 aromatic heterocycles. The van der Waals surface area contributed by atoms with Crippen LogP contribution in [0, 0.1) is 10.1 Å². The van der Waals surface area contributed by atoms with Crippen LogP contribution >= 0.6 is 0 Å². The molecule has 0 aromatic carbocycles. The SMILES string of the molecule is CNc1ncc([N+](=O)[O-])c(N2CCC(OC)CC2)n1. The molecule has 0 aliphatic carbocycles. The number of hydrogen-bond acceptors (Lipinski definition) is 7. The Kier molecular flexibility index (Phi) is 4.10. The molecule has 0 radical (unpaired) electrons. The highest BCUT2D eigenvalue weighted by molar-refractivity contribution is 5.59. The first kappa shape index (κ1) is 13.5. The van der Waals surface area contributed by atoms with E-state index >= 15 is 0 Å². The minimum atomic E-state index is -0.447. The van der Waals surface area contributed by atoms with Crippen LogP contribution in [0.15, 0.2) is 6.20 Å². The molecule has 8 heteroatoms. The van der Waals surface area contributed by atoms with Gasteiger partial charge in [0, 0.05) is 27.2 Å². The summed E-state index contributed by atoms with van der Waals surface area (Å²) in [7, 11) is 3.37. The highest BCUT2D eigenvalue weighted by Gasteiger charge is 2.26. The number of methoxy groups -OCH3 is 1. The number of nitrogens with one attached hydrogen (secondary N) is 1. The van der Waals surface area contributed by atoms with E-state index in [0.717, 1.165) is 12.8 Å². The number of aromatic nitrogens is 2. The normalized spacial score (nSPS) is 16.4. The Labute approximate surface area is 110 Å². The van der Waals surface area contributed by atoms with Gasteiger partial charge in [-0.25, -0.2) is 4.98 Å². The van der Waals surface area contributed by atoms with Crippen LogP contribution in [0.5, 0.6) is 0 Å². The molecule has 1 aliphatic heterocycles. The topological polar surface area (TPSA) is 93.4 Å². The van der Waals surface area contributed by atoms with E-state index in [-0.39, 0.29) is 11.8 Å². The molecule has 1 aliphatic rings. The highest BCUT2D eigenvalue weighted by Crippen LogP contribution is 2.28. The van der Waals surface area contributed by atoms with E-state index in [1.807, 2.05) is 4.90 Å². The molecule has 19 heavy (non-hydrogen) atoms. The molecule has 1 N–H and O–H groups in total. The van der Waals surface area contributed by atoms with E-state index in [9.17, 15) is 10.1 Å². The Morgan fingerprint density at radius 3 is 2.74 bits per heavy atom. The number of ether oxygens (including phenoxy) is 1. The summed E-state index contributed by atoms with van der Waals surface area (Å²) in [6.07, 6.45) is 3.15. The standard InChI is InChI=1S/C11H17N5O3/c1-12-11-13-7-9(16(17)18)10(14-11)15-5-3-8(19-2)4-6-15/h7-8H,3-6H2,1-2H3,(H,12,13,14). The van der Waals surface area contributed by atoms with E-state index in [2.05, 4.69) is 15.3 Å². The number of rotatable bonds is 4. The molecule has 1 aromatic rings. The number of anilines is 2. The zero-order valence-corrected chi connectivity index (χ0v) is 11.0. The van der Waals surface area contributed by atoms with Crippen LogP contribution in [0.1, 0.15) is 12.8 Å². The second kappa shape index (κ2) is 5.79. The zero-order valence-electron chi connectivity index (χ0n) is 11.0. The summed E-state index contributed by atoms with van der Waals surface area (Å²) in [6, 6.07) is 0. The van der Waals surface area contributed by atoms with Gasteiger partial charge in [0.2, 0.25) is 11.8 Å². The third kappa shape index (κ3) is 2.90. The lowest BCUT2D eigenvalue weighted by Crippen LogP contribution is -2.37. The maximum Gasteiger partial charge on any atom is 0.329 e. The van der Waals surface area contributed by atoms with Crippen LogP contribution in [0.2, 0.25) is 0 Å². The summed E-state index contributed by atoms with van der Waals surface area (Å²) in [5.41, 5.74) is -0.0603. The van der Waals surface area contributed by atoms with Crippen molar-refractivity contribution in [3.63, 3.8) is 0 Å². The van der Waals surface area contributed by atoms with Crippen molar-refractivity contribution in [2.45, 2.75) is 18.9 Å². The van der Waals surface area contributed by atoms with Crippen LogP contribution < -0.4 is 10.2 Å². The van der Waals surface area contributed by atoms with E-state index in [1.165, 1.54) is 6.20 Å². The molecule has 2 rings (SSSR count). The lowest BCUT2D eigenvalue weighted by atomic mass is 10.1. The summed E-state index contributed by atoms with van der Waals surface area (Å²) in [6.45, 7) is 1.39. The summed E-state index contributed by atoms with van der Waals surface area (Å²) >= 11 is 0. The predicted molar refractivity (Wildman–Crippen MR) is 70.5 cm³/mol. The Balaban J connectivity index is 2.24. The average molecular weight is 267 g/mol. The largest absolute Gasteiger partial charge is 0.381 e. The lowest BCUT2D eigenvalue weighted by molar-refractivity contribution is -0.384. The van der Waals surface area contributed by atoms with E-state index in [1.54, 1.807) is 14.2 Å². The van der Waals surface area contributed by atoms with Crippen LogP contribution in [0.3, 0.4) is 0 Å². The quantitative estimate of drug-likeness (QED) is 0.643. The van der Waals surface area contributed by atoms with E-state index in [4.69, 9.17) is 4.74 Å². The lowest BCUT2D eigenvalue weighted by Gasteiger charge is -2.31. The number of nitro groups is 1. The van der Waals surface area contributed by atoms with Crippen LogP contribution in [-0.2, 0) is 4.74 Å². The van der Waals surface area contributed by atoms with Crippen molar-refractivity contribution < 1.29 is 9.66 Å². The molecule has 1 fully saturated rings. The average Bonchev–Trinajstić information content (AvgIpc) is 2.46. The molecule has 0 atom stereocenters. The van der Waals surface area contributed by atoms with Crippen molar-refractivity contribution in [3.05, 3.63) is 16.3 Å². The molecular weight excluding hydrogens is 250 g/mol. The van der Waals surface area contributed by atoms with Gasteiger partial charge in [-0.2, -0.15) is 4.98 Å². The Morgan fingerprint density at radius 1 is 1.53 bits per heavy atom. The van der Waals surface area contributed by atoms with Crippen LogP contribution in [0.4, 0.5) is 17.5 Å². The van der Waals surface area contributed by atoms with E-state index < -0.39 is 4.92 Å². The van der Waals surface area contributed by atoms with Crippen molar-refractivity contribution in [2.24, 2.45) is 0 Å². The van der Waals surface area contributed by atoms with Gasteiger partial charge < -0.3 is 15.0 Å². The van der Waals surface area contributed by atoms with Gasteiger partial charge in [-0.3, -0.25) is 10.1 Å². The molecular formula is C11H17N5O3. The molecule has 2 heterocycles. The third-order valence-corrected chi connectivity index (χ3v) is 3.25. The van der Waals surface area contributed by atoms with Gasteiger partial charge in [0.15, 0.2) is 0 Å². The van der Waals surface area contributed by atoms with Crippen LogP contribution in [-0.4, -0.2) is 48.2 Å². The monoisotopic (exact) mass is 267 g/mol. The zero-order chi connectivity index (χ0) is 13.8. The van der Waals surface area contributed by atoms with Crippen molar-refractivity contribution in [2.75, 3.05) is 37.5 Å². The minimum absolute atomic E-state index is 0.0603. The van der Waals surface area contributed by atoms with Crippen molar-refractivity contribution in [3.8, 4) is 0 Å². The van der Waals surface area contributed by atoms with Gasteiger partial charge in [-0.1, -0.05) is 0 Å². The fraction of sp³-hybridized carbons (Fsp3) is 0.636. The summed E-state index contributed by atoms with van der Waals surface area (Å²) in [5, 5.41) is 13.8. The summed E-state index contributed by atoms with van der Waals surface area (Å²) < 4.78 is 5.29. The molecule has 0 bridgehead atoms. The highest BCUT2D eigenvalue weighted by atomic mass is 16.6. The molecule has 1 saturated heterocycles. The maximum atomic E-state index is 11.0. The van der Waals surface area contributed by atoms with Gasteiger partial charge >= 0.3 is 5.69 Å². The van der Waals surface area contributed by atoms with Crippen LogP contribution in [0.25, 0.3) is 0 Å². The number of piperidine rings is 1. The van der Waals surface area contributed by atoms with Gasteiger partial charge in [-0.05, 0) is 12.8 Å². The Morgan fingerprint density at radius 2 is 2.21 bits per heavy atom. The summed E-state index contributed by atoms with van der Waals surface area (Å²) in [5.74, 6) is 0.758. The second-order valence-corrected chi connectivity index (χ2v) is 4.33. The first-order valence-corrected chi connectivity index (χ1v) is 6.12. The first-order valence-electron chi connectivity index (χ1n) is 6.12. The molecule has 0 saturated carbocycles. The van der Waals surface area contributed by atoms with Gasteiger partial charge in [0.05, 0.1) is 11.0 Å². The predicted octanol–water partition coefficient (Wildman–Crippen LogP) is 1.04. The molecule has 0 amide bonds. The first-order chi connectivity index (χ1) is 9.15. The fourth-order valence-corrected chi connectivity index (χ4v) is 2.15. The molecule has 0 spiro atoms.